The summed E-state index contributed by atoms with van der Waals surface area (Å²) in [6, 6.07) is 0.853. The molecule has 2 rings (SSSR count). The zero-order valence-electron chi connectivity index (χ0n) is 10.8. The van der Waals surface area contributed by atoms with E-state index in [0.29, 0.717) is 24.5 Å². The fourth-order valence-corrected chi connectivity index (χ4v) is 3.30. The molecule has 3 N–H and O–H groups in total. The maximum atomic E-state index is 12.1. The number of amides is 2. The summed E-state index contributed by atoms with van der Waals surface area (Å²) in [7, 11) is 1.92. The van der Waals surface area contributed by atoms with Crippen LogP contribution in [0.3, 0.4) is 0 Å². The minimum absolute atomic E-state index is 0.0993. The van der Waals surface area contributed by atoms with Gasteiger partial charge in [0.2, 0.25) is 0 Å². The predicted molar refractivity (Wildman–Crippen MR) is 68.7 cm³/mol. The topological polar surface area (TPSA) is 58.4 Å². The maximum absolute atomic E-state index is 12.1. The molecule has 0 saturated heterocycles. The van der Waals surface area contributed by atoms with Crippen LogP contribution in [0.5, 0.6) is 0 Å². The van der Waals surface area contributed by atoms with Gasteiger partial charge in [-0.05, 0) is 38.1 Å². The lowest BCUT2D eigenvalue weighted by atomic mass is 10.0. The lowest BCUT2D eigenvalue weighted by Crippen LogP contribution is -2.48. The van der Waals surface area contributed by atoms with Gasteiger partial charge in [-0.15, -0.1) is 0 Å². The average molecular weight is 239 g/mol. The van der Waals surface area contributed by atoms with Gasteiger partial charge < -0.3 is 16.0 Å². The molecule has 0 aliphatic heterocycles. The molecule has 2 aliphatic rings. The van der Waals surface area contributed by atoms with Crippen LogP contribution in [0, 0.1) is 5.92 Å². The molecule has 17 heavy (non-hydrogen) atoms. The number of carbonyl (C=O) groups is 1. The zero-order chi connectivity index (χ0) is 12.3. The van der Waals surface area contributed by atoms with E-state index in [-0.39, 0.29) is 6.03 Å². The van der Waals surface area contributed by atoms with Gasteiger partial charge in [0.15, 0.2) is 0 Å². The van der Waals surface area contributed by atoms with Crippen molar-refractivity contribution >= 4 is 6.03 Å². The van der Waals surface area contributed by atoms with Gasteiger partial charge in [0.25, 0.3) is 0 Å². The molecule has 2 saturated carbocycles. The van der Waals surface area contributed by atoms with E-state index >= 15 is 0 Å². The van der Waals surface area contributed by atoms with Gasteiger partial charge in [-0.3, -0.25) is 0 Å². The molecule has 0 aromatic rings. The molecule has 0 spiro atoms. The van der Waals surface area contributed by atoms with Crippen LogP contribution in [-0.4, -0.2) is 36.6 Å². The van der Waals surface area contributed by atoms with Gasteiger partial charge in [-0.2, -0.15) is 0 Å². The number of carbonyl (C=O) groups excluding carboxylic acids is 1. The highest BCUT2D eigenvalue weighted by molar-refractivity contribution is 5.74. The number of nitrogens with two attached hydrogens (primary N) is 1. The molecule has 4 heteroatoms. The van der Waals surface area contributed by atoms with Crippen LogP contribution in [-0.2, 0) is 0 Å². The normalized spacial score (nSPS) is 29.5. The first-order valence-corrected chi connectivity index (χ1v) is 6.95. The van der Waals surface area contributed by atoms with E-state index < -0.39 is 0 Å². The molecule has 0 heterocycles. The van der Waals surface area contributed by atoms with Crippen molar-refractivity contribution < 1.29 is 4.79 Å². The Balaban J connectivity index is 1.85. The highest BCUT2D eigenvalue weighted by Gasteiger charge is 2.32. The number of hydrogen-bond donors (Lipinski definition) is 2. The number of nitrogens with zero attached hydrogens (tertiary/aromatic N) is 1. The molecule has 4 nitrogen and oxygen atoms in total. The van der Waals surface area contributed by atoms with Gasteiger partial charge in [-0.25, -0.2) is 4.79 Å². The molecule has 2 atom stereocenters. The highest BCUT2D eigenvalue weighted by Crippen LogP contribution is 2.28. The fourth-order valence-electron chi connectivity index (χ4n) is 3.30. The summed E-state index contributed by atoms with van der Waals surface area (Å²) in [4.78, 5) is 14.0. The Kier molecular flexibility index (Phi) is 4.26. The Bertz CT molecular complexity index is 263. The molecule has 0 radical (unpaired) electrons. The third-order valence-corrected chi connectivity index (χ3v) is 4.42. The maximum Gasteiger partial charge on any atom is 0.317 e. The van der Waals surface area contributed by atoms with E-state index in [1.54, 1.807) is 0 Å². The van der Waals surface area contributed by atoms with E-state index in [9.17, 15) is 4.79 Å². The van der Waals surface area contributed by atoms with E-state index in [4.69, 9.17) is 5.73 Å². The standard InChI is InChI=1S/C13H25N3O/c1-16(12-8-4-5-10(12)9-14)13(17)15-11-6-2-3-7-11/h10-12H,2-9,14H2,1H3,(H,15,17). The van der Waals surface area contributed by atoms with Crippen molar-refractivity contribution in [3.05, 3.63) is 0 Å². The fraction of sp³-hybridized carbons (Fsp3) is 0.923. The summed E-state index contributed by atoms with van der Waals surface area (Å²) in [5.41, 5.74) is 5.77. The quantitative estimate of drug-likeness (QED) is 0.787. The summed E-state index contributed by atoms with van der Waals surface area (Å²) in [5, 5.41) is 3.15. The van der Waals surface area contributed by atoms with Gasteiger partial charge in [-0.1, -0.05) is 19.3 Å². The average Bonchev–Trinajstić information content (AvgIpc) is 2.97. The number of urea groups is 1. The molecule has 2 fully saturated rings. The Morgan fingerprint density at radius 2 is 1.94 bits per heavy atom. The minimum Gasteiger partial charge on any atom is -0.335 e. The Morgan fingerprint density at radius 3 is 2.59 bits per heavy atom. The van der Waals surface area contributed by atoms with E-state index in [1.165, 1.54) is 25.7 Å². The first-order chi connectivity index (χ1) is 8.22. The Morgan fingerprint density at radius 1 is 1.24 bits per heavy atom. The van der Waals surface area contributed by atoms with Gasteiger partial charge in [0, 0.05) is 19.1 Å². The van der Waals surface area contributed by atoms with Gasteiger partial charge in [0.1, 0.15) is 0 Å². The van der Waals surface area contributed by atoms with Crippen molar-refractivity contribution in [3.8, 4) is 0 Å². The molecule has 0 aromatic carbocycles. The first kappa shape index (κ1) is 12.7. The molecule has 0 bridgehead atoms. The smallest absolute Gasteiger partial charge is 0.317 e. The third-order valence-electron chi connectivity index (χ3n) is 4.42. The zero-order valence-corrected chi connectivity index (χ0v) is 10.8. The molecule has 2 amide bonds. The molecule has 2 unspecified atom stereocenters. The van der Waals surface area contributed by atoms with Crippen molar-refractivity contribution in [2.24, 2.45) is 11.7 Å². The molecule has 2 aliphatic carbocycles. The lowest BCUT2D eigenvalue weighted by molar-refractivity contribution is 0.173. The second-order valence-electron chi connectivity index (χ2n) is 5.54. The predicted octanol–water partition coefficient (Wildman–Crippen LogP) is 1.70. The summed E-state index contributed by atoms with van der Waals surface area (Å²) in [5.74, 6) is 0.495. The Hall–Kier alpha value is -0.770. The summed E-state index contributed by atoms with van der Waals surface area (Å²) in [6.07, 6.45) is 8.27. The van der Waals surface area contributed by atoms with Crippen LogP contribution in [0.4, 0.5) is 4.79 Å². The van der Waals surface area contributed by atoms with Crippen molar-refractivity contribution in [1.82, 2.24) is 10.2 Å². The third kappa shape index (κ3) is 2.92. The van der Waals surface area contributed by atoms with Crippen LogP contribution in [0.15, 0.2) is 0 Å². The van der Waals surface area contributed by atoms with Crippen LogP contribution < -0.4 is 11.1 Å². The van der Waals surface area contributed by atoms with Crippen molar-refractivity contribution in [2.45, 2.75) is 57.0 Å². The molecule has 98 valence electrons. The second kappa shape index (κ2) is 5.71. The van der Waals surface area contributed by atoms with E-state index in [1.807, 2.05) is 11.9 Å². The molecule has 0 aromatic heterocycles. The van der Waals surface area contributed by atoms with Gasteiger partial charge in [0.05, 0.1) is 0 Å². The summed E-state index contributed by atoms with van der Waals surface area (Å²) in [6.45, 7) is 0.700. The monoisotopic (exact) mass is 239 g/mol. The van der Waals surface area contributed by atoms with Crippen molar-refractivity contribution in [1.29, 1.82) is 0 Å². The molecular weight excluding hydrogens is 214 g/mol. The van der Waals surface area contributed by atoms with Crippen LogP contribution >= 0.6 is 0 Å². The SMILES string of the molecule is CN(C(=O)NC1CCCC1)C1CCCC1CN. The van der Waals surface area contributed by atoms with Crippen molar-refractivity contribution in [3.63, 3.8) is 0 Å². The summed E-state index contributed by atoms with van der Waals surface area (Å²) >= 11 is 0. The molecular formula is C13H25N3O. The Labute approximate surface area is 104 Å². The van der Waals surface area contributed by atoms with Gasteiger partial charge >= 0.3 is 6.03 Å². The van der Waals surface area contributed by atoms with Crippen molar-refractivity contribution in [2.75, 3.05) is 13.6 Å². The van der Waals surface area contributed by atoms with Crippen LogP contribution in [0.2, 0.25) is 0 Å². The first-order valence-electron chi connectivity index (χ1n) is 6.95. The summed E-state index contributed by atoms with van der Waals surface area (Å²) < 4.78 is 0. The van der Waals surface area contributed by atoms with E-state index in [0.717, 1.165) is 19.3 Å². The van der Waals surface area contributed by atoms with Crippen LogP contribution in [0.25, 0.3) is 0 Å². The van der Waals surface area contributed by atoms with E-state index in [2.05, 4.69) is 5.32 Å². The second-order valence-corrected chi connectivity index (χ2v) is 5.54. The van der Waals surface area contributed by atoms with Crippen LogP contribution in [0.1, 0.15) is 44.9 Å². The number of hydrogen-bond acceptors (Lipinski definition) is 2. The minimum atomic E-state index is 0.0993. The largest absolute Gasteiger partial charge is 0.335 e. The number of rotatable bonds is 3. The highest BCUT2D eigenvalue weighted by atomic mass is 16.2. The lowest BCUT2D eigenvalue weighted by Gasteiger charge is -2.30. The number of nitrogens with one attached hydrogen (secondary N) is 1.